The van der Waals surface area contributed by atoms with Gasteiger partial charge in [-0.2, -0.15) is 5.10 Å². The molecule has 1 N–H and O–H groups in total. The molecule has 4 aromatic rings. The number of rotatable bonds is 9. The van der Waals surface area contributed by atoms with Gasteiger partial charge in [0.2, 0.25) is 0 Å². The van der Waals surface area contributed by atoms with Crippen molar-refractivity contribution in [3.05, 3.63) is 95.7 Å². The zero-order chi connectivity index (χ0) is 23.9. The average molecular weight is 458 g/mol. The molecule has 1 amide bonds. The molecular weight excluding hydrogens is 430 g/mol. The molecule has 0 radical (unpaired) electrons. The zero-order valence-corrected chi connectivity index (χ0v) is 19.4. The van der Waals surface area contributed by atoms with Gasteiger partial charge in [-0.3, -0.25) is 9.78 Å². The second-order valence-electron chi connectivity index (χ2n) is 8.01. The molecule has 8 nitrogen and oxygen atoms in total. The number of carbonyl (C=O) groups is 1. The van der Waals surface area contributed by atoms with Crippen molar-refractivity contribution >= 4 is 5.91 Å². The molecule has 0 fully saturated rings. The Balaban J connectivity index is 1.45. The maximum Gasteiger partial charge on any atom is 0.255 e. The number of pyridine rings is 2. The van der Waals surface area contributed by atoms with Gasteiger partial charge in [0.25, 0.3) is 5.91 Å². The minimum atomic E-state index is -0.192. The fraction of sp³-hybridized carbons (Fsp3) is 0.231. The van der Waals surface area contributed by atoms with Gasteiger partial charge in [0, 0.05) is 25.1 Å². The van der Waals surface area contributed by atoms with E-state index in [1.54, 1.807) is 36.6 Å². The summed E-state index contributed by atoms with van der Waals surface area (Å²) < 4.78 is 13.1. The number of nitrogens with zero attached hydrogens (tertiary/aromatic N) is 4. The lowest BCUT2D eigenvalue weighted by atomic mass is 10.1. The van der Waals surface area contributed by atoms with Gasteiger partial charge >= 0.3 is 0 Å². The Hall–Kier alpha value is -4.20. The molecule has 1 aromatic carbocycles. The molecule has 0 aliphatic rings. The number of amides is 1. The van der Waals surface area contributed by atoms with Gasteiger partial charge in [0.1, 0.15) is 6.61 Å². The summed E-state index contributed by atoms with van der Waals surface area (Å²) in [4.78, 5) is 21.4. The quantitative estimate of drug-likeness (QED) is 0.403. The van der Waals surface area contributed by atoms with Gasteiger partial charge in [0.05, 0.1) is 24.6 Å². The predicted octanol–water partition coefficient (Wildman–Crippen LogP) is 4.30. The van der Waals surface area contributed by atoms with Crippen LogP contribution in [0.2, 0.25) is 0 Å². The van der Waals surface area contributed by atoms with Crippen LogP contribution in [0.1, 0.15) is 46.9 Å². The van der Waals surface area contributed by atoms with E-state index in [0.717, 1.165) is 16.8 Å². The van der Waals surface area contributed by atoms with E-state index in [9.17, 15) is 4.79 Å². The van der Waals surface area contributed by atoms with E-state index in [0.29, 0.717) is 36.0 Å². The maximum absolute atomic E-state index is 13.0. The summed E-state index contributed by atoms with van der Waals surface area (Å²) >= 11 is 0. The van der Waals surface area contributed by atoms with Gasteiger partial charge in [-0.05, 0) is 53.4 Å². The predicted molar refractivity (Wildman–Crippen MR) is 128 cm³/mol. The normalized spacial score (nSPS) is 10.8. The summed E-state index contributed by atoms with van der Waals surface area (Å²) in [7, 11) is 1.60. The highest BCUT2D eigenvalue weighted by Crippen LogP contribution is 2.29. The van der Waals surface area contributed by atoms with Crippen molar-refractivity contribution in [1.29, 1.82) is 0 Å². The Kier molecular flexibility index (Phi) is 7.17. The van der Waals surface area contributed by atoms with Crippen molar-refractivity contribution in [3.63, 3.8) is 0 Å². The SMILES string of the molecule is COc1cc(CNC(=O)c2cnn(-c3ccccn3)c2C(C)C)ccc1OCc1ccncc1. The van der Waals surface area contributed by atoms with E-state index in [2.05, 4.69) is 20.4 Å². The summed E-state index contributed by atoms with van der Waals surface area (Å²) in [5.41, 5.74) is 3.25. The van der Waals surface area contributed by atoms with Gasteiger partial charge in [0.15, 0.2) is 17.3 Å². The molecule has 174 valence electrons. The molecule has 0 aliphatic heterocycles. The van der Waals surface area contributed by atoms with Crippen LogP contribution in [-0.2, 0) is 13.2 Å². The molecule has 8 heteroatoms. The summed E-state index contributed by atoms with van der Waals surface area (Å²) in [6, 6.07) is 15.0. The number of carbonyl (C=O) groups excluding carboxylic acids is 1. The topological polar surface area (TPSA) is 91.2 Å². The Morgan fingerprint density at radius 1 is 1.03 bits per heavy atom. The summed E-state index contributed by atoms with van der Waals surface area (Å²) in [6.07, 6.45) is 6.76. The van der Waals surface area contributed by atoms with Crippen molar-refractivity contribution < 1.29 is 14.3 Å². The second kappa shape index (κ2) is 10.6. The molecule has 0 atom stereocenters. The Labute approximate surface area is 198 Å². The van der Waals surface area contributed by atoms with Crippen LogP contribution in [0.3, 0.4) is 0 Å². The third kappa shape index (κ3) is 5.23. The highest BCUT2D eigenvalue weighted by molar-refractivity contribution is 5.95. The van der Waals surface area contributed by atoms with Crippen LogP contribution in [0.25, 0.3) is 5.82 Å². The lowest BCUT2D eigenvalue weighted by Gasteiger charge is -2.14. The fourth-order valence-corrected chi connectivity index (χ4v) is 3.61. The molecule has 0 saturated heterocycles. The Bertz CT molecular complexity index is 1240. The first-order valence-electron chi connectivity index (χ1n) is 11.0. The number of aromatic nitrogens is 4. The van der Waals surface area contributed by atoms with Crippen molar-refractivity contribution in [3.8, 4) is 17.3 Å². The number of hydrogen-bond donors (Lipinski definition) is 1. The average Bonchev–Trinajstić information content (AvgIpc) is 3.33. The van der Waals surface area contributed by atoms with Crippen LogP contribution < -0.4 is 14.8 Å². The molecule has 0 spiro atoms. The number of methoxy groups -OCH3 is 1. The highest BCUT2D eigenvalue weighted by Gasteiger charge is 2.21. The molecule has 0 unspecified atom stereocenters. The number of benzene rings is 1. The van der Waals surface area contributed by atoms with Crippen LogP contribution in [-0.4, -0.2) is 32.8 Å². The van der Waals surface area contributed by atoms with Crippen LogP contribution >= 0.6 is 0 Å². The van der Waals surface area contributed by atoms with Gasteiger partial charge in [-0.1, -0.05) is 26.0 Å². The van der Waals surface area contributed by atoms with Gasteiger partial charge in [-0.25, -0.2) is 9.67 Å². The first kappa shape index (κ1) is 23.0. The lowest BCUT2D eigenvalue weighted by Crippen LogP contribution is -2.24. The summed E-state index contributed by atoms with van der Waals surface area (Å²) in [5.74, 6) is 1.81. The largest absolute Gasteiger partial charge is 0.493 e. The molecular formula is C26H27N5O3. The minimum Gasteiger partial charge on any atom is -0.493 e. The van der Waals surface area contributed by atoms with Crippen molar-refractivity contribution in [2.24, 2.45) is 0 Å². The molecule has 3 aromatic heterocycles. The first-order valence-corrected chi connectivity index (χ1v) is 11.0. The van der Waals surface area contributed by atoms with E-state index >= 15 is 0 Å². The third-order valence-electron chi connectivity index (χ3n) is 5.29. The molecule has 0 saturated carbocycles. The highest BCUT2D eigenvalue weighted by atomic mass is 16.5. The Morgan fingerprint density at radius 3 is 2.56 bits per heavy atom. The van der Waals surface area contributed by atoms with Gasteiger partial charge in [-0.15, -0.1) is 0 Å². The minimum absolute atomic E-state index is 0.0854. The van der Waals surface area contributed by atoms with Crippen molar-refractivity contribution in [2.45, 2.75) is 32.9 Å². The van der Waals surface area contributed by atoms with E-state index in [4.69, 9.17) is 9.47 Å². The van der Waals surface area contributed by atoms with Crippen molar-refractivity contribution in [1.82, 2.24) is 25.1 Å². The maximum atomic E-state index is 13.0. The zero-order valence-electron chi connectivity index (χ0n) is 19.4. The van der Waals surface area contributed by atoms with Gasteiger partial charge < -0.3 is 14.8 Å². The number of hydrogen-bond acceptors (Lipinski definition) is 6. The van der Waals surface area contributed by atoms with Crippen LogP contribution in [0, 0.1) is 0 Å². The first-order chi connectivity index (χ1) is 16.6. The van der Waals surface area contributed by atoms with E-state index in [1.807, 2.05) is 62.4 Å². The van der Waals surface area contributed by atoms with E-state index in [1.165, 1.54) is 0 Å². The Morgan fingerprint density at radius 2 is 1.85 bits per heavy atom. The second-order valence-corrected chi connectivity index (χ2v) is 8.01. The molecule has 4 rings (SSSR count). The summed E-state index contributed by atoms with van der Waals surface area (Å²) in [6.45, 7) is 4.81. The van der Waals surface area contributed by atoms with Crippen LogP contribution in [0.15, 0.2) is 73.3 Å². The monoisotopic (exact) mass is 457 g/mol. The number of ether oxygens (including phenoxy) is 2. The molecule has 0 aliphatic carbocycles. The lowest BCUT2D eigenvalue weighted by molar-refractivity contribution is 0.0949. The molecule has 34 heavy (non-hydrogen) atoms. The molecule has 3 heterocycles. The van der Waals surface area contributed by atoms with Crippen LogP contribution in [0.5, 0.6) is 11.5 Å². The standard InChI is InChI=1S/C26H27N5O3/c1-18(2)25-21(16-30-31(25)24-6-4-5-11-28-24)26(32)29-15-20-7-8-22(23(14-20)33-3)34-17-19-9-12-27-13-10-19/h4-14,16,18H,15,17H2,1-3H3,(H,29,32). The van der Waals surface area contributed by atoms with Crippen LogP contribution in [0.4, 0.5) is 0 Å². The summed E-state index contributed by atoms with van der Waals surface area (Å²) in [5, 5.41) is 7.41. The van der Waals surface area contributed by atoms with E-state index in [-0.39, 0.29) is 11.8 Å². The fourth-order valence-electron chi connectivity index (χ4n) is 3.61. The number of nitrogens with one attached hydrogen (secondary N) is 1. The van der Waals surface area contributed by atoms with E-state index < -0.39 is 0 Å². The smallest absolute Gasteiger partial charge is 0.255 e. The molecule has 0 bridgehead atoms. The third-order valence-corrected chi connectivity index (χ3v) is 5.29. The van der Waals surface area contributed by atoms with Crippen molar-refractivity contribution in [2.75, 3.05) is 7.11 Å².